The van der Waals surface area contributed by atoms with Crippen LogP contribution in [0, 0.1) is 6.57 Å². The number of rotatable bonds is 2. The van der Waals surface area contributed by atoms with Gasteiger partial charge in [0.2, 0.25) is 5.69 Å². The fourth-order valence-electron chi connectivity index (χ4n) is 1.15. The third-order valence-electron chi connectivity index (χ3n) is 1.94. The first-order valence-electron chi connectivity index (χ1n) is 4.32. The van der Waals surface area contributed by atoms with Crippen LogP contribution < -0.4 is 0 Å². The van der Waals surface area contributed by atoms with E-state index in [1.807, 2.05) is 0 Å². The van der Waals surface area contributed by atoms with Crippen LogP contribution in [-0.4, -0.2) is 26.2 Å². The van der Waals surface area contributed by atoms with Gasteiger partial charge in [-0.15, -0.1) is 0 Å². The molecule has 0 fully saturated rings. The summed E-state index contributed by atoms with van der Waals surface area (Å²) in [6, 6.07) is 4.07. The summed E-state index contributed by atoms with van der Waals surface area (Å²) in [4.78, 5) is 25.6. The molecule has 82 valence electrons. The Morgan fingerprint density at radius 2 is 1.81 bits per heavy atom. The Morgan fingerprint density at radius 1 is 1.19 bits per heavy atom. The molecule has 0 saturated carbocycles. The van der Waals surface area contributed by atoms with E-state index in [4.69, 9.17) is 6.57 Å². The molecule has 5 heteroatoms. The summed E-state index contributed by atoms with van der Waals surface area (Å²) in [5.74, 6) is -1.16. The van der Waals surface area contributed by atoms with Gasteiger partial charge < -0.3 is 9.47 Å². The van der Waals surface area contributed by atoms with Gasteiger partial charge in [0.15, 0.2) is 0 Å². The first kappa shape index (κ1) is 11.7. The Kier molecular flexibility index (Phi) is 3.62. The molecule has 0 aromatic heterocycles. The molecule has 0 aliphatic rings. The minimum absolute atomic E-state index is 0.0646. The zero-order chi connectivity index (χ0) is 12.1. The maximum absolute atomic E-state index is 11.3. The van der Waals surface area contributed by atoms with Crippen LogP contribution >= 0.6 is 0 Å². The van der Waals surface area contributed by atoms with Crippen molar-refractivity contribution in [2.75, 3.05) is 14.2 Å². The van der Waals surface area contributed by atoms with Crippen LogP contribution in [-0.2, 0) is 9.47 Å². The van der Waals surface area contributed by atoms with Crippen molar-refractivity contribution in [3.05, 3.63) is 40.7 Å². The van der Waals surface area contributed by atoms with Crippen LogP contribution in [0.2, 0.25) is 0 Å². The molecular formula is C11H9NO4. The Bertz CT molecular complexity index is 473. The highest BCUT2D eigenvalue weighted by atomic mass is 16.5. The molecule has 0 amide bonds. The molecule has 1 aromatic rings. The Balaban J connectivity index is 3.23. The van der Waals surface area contributed by atoms with Crippen LogP contribution in [0.1, 0.15) is 20.7 Å². The lowest BCUT2D eigenvalue weighted by molar-refractivity contribution is 0.0587. The number of nitrogens with zero attached hydrogens (tertiary/aromatic N) is 1. The summed E-state index contributed by atoms with van der Waals surface area (Å²) in [6.45, 7) is 6.91. The second-order valence-electron chi connectivity index (χ2n) is 2.83. The predicted molar refractivity (Wildman–Crippen MR) is 55.4 cm³/mol. The zero-order valence-corrected chi connectivity index (χ0v) is 8.81. The van der Waals surface area contributed by atoms with E-state index in [0.717, 1.165) is 0 Å². The van der Waals surface area contributed by atoms with Crippen LogP contribution in [0.15, 0.2) is 18.2 Å². The topological polar surface area (TPSA) is 57.0 Å². The lowest BCUT2D eigenvalue weighted by Gasteiger charge is -2.04. The van der Waals surface area contributed by atoms with Crippen molar-refractivity contribution in [3.8, 4) is 0 Å². The first-order chi connectivity index (χ1) is 7.63. The second kappa shape index (κ2) is 4.94. The molecular weight excluding hydrogens is 210 g/mol. The highest BCUT2D eigenvalue weighted by Crippen LogP contribution is 2.22. The molecule has 0 bridgehead atoms. The second-order valence-corrected chi connectivity index (χ2v) is 2.83. The number of hydrogen-bond acceptors (Lipinski definition) is 4. The molecule has 0 atom stereocenters. The van der Waals surface area contributed by atoms with Crippen LogP contribution in [0.25, 0.3) is 4.85 Å². The van der Waals surface area contributed by atoms with E-state index in [9.17, 15) is 9.59 Å². The lowest BCUT2D eigenvalue weighted by atomic mass is 10.1. The summed E-state index contributed by atoms with van der Waals surface area (Å²) >= 11 is 0. The lowest BCUT2D eigenvalue weighted by Crippen LogP contribution is -2.04. The Hall–Kier alpha value is -2.35. The van der Waals surface area contributed by atoms with Gasteiger partial charge >= 0.3 is 11.9 Å². The molecule has 1 aromatic carbocycles. The molecule has 0 saturated heterocycles. The van der Waals surface area contributed by atoms with Gasteiger partial charge in [-0.25, -0.2) is 14.4 Å². The summed E-state index contributed by atoms with van der Waals surface area (Å²) in [7, 11) is 2.47. The quantitative estimate of drug-likeness (QED) is 0.562. The smallest absolute Gasteiger partial charge is 0.336 e. The molecule has 0 unspecified atom stereocenters. The average Bonchev–Trinajstić information content (AvgIpc) is 2.35. The molecule has 5 nitrogen and oxygen atoms in total. The number of carbonyl (C=O) groups is 2. The first-order valence-corrected chi connectivity index (χ1v) is 4.32. The highest BCUT2D eigenvalue weighted by Gasteiger charge is 2.15. The summed E-state index contributed by atoms with van der Waals surface area (Å²) in [5.41, 5.74) is 0.418. The van der Waals surface area contributed by atoms with Gasteiger partial charge in [-0.1, -0.05) is 6.07 Å². The van der Waals surface area contributed by atoms with Gasteiger partial charge in [-0.05, 0) is 12.1 Å². The number of methoxy groups -OCH3 is 2. The fourth-order valence-corrected chi connectivity index (χ4v) is 1.15. The minimum Gasteiger partial charge on any atom is -0.466 e. The Morgan fingerprint density at radius 3 is 2.31 bits per heavy atom. The monoisotopic (exact) mass is 219 g/mol. The molecule has 0 heterocycles. The molecule has 0 radical (unpaired) electrons. The van der Waals surface area contributed by atoms with Crippen molar-refractivity contribution in [1.82, 2.24) is 0 Å². The van der Waals surface area contributed by atoms with E-state index in [1.165, 1.54) is 32.4 Å². The third kappa shape index (κ3) is 2.17. The maximum Gasteiger partial charge on any atom is 0.336 e. The fraction of sp³-hybridized carbons (Fsp3) is 0.182. The summed E-state index contributed by atoms with van der Waals surface area (Å²) in [6.07, 6.45) is 0. The van der Waals surface area contributed by atoms with Gasteiger partial charge in [0.25, 0.3) is 0 Å². The normalized spacial score (nSPS) is 9.06. The number of esters is 2. The van der Waals surface area contributed by atoms with E-state index in [2.05, 4.69) is 14.3 Å². The SMILES string of the molecule is [C-]#[N+]c1cc(C(=O)OC)ccc1C(=O)OC. The average molecular weight is 219 g/mol. The standard InChI is InChI=1S/C11H9NO4/c1-12-9-6-7(10(13)15-2)4-5-8(9)11(14)16-3/h4-6H,2-3H3. The molecule has 0 aliphatic carbocycles. The van der Waals surface area contributed by atoms with Crippen LogP contribution in [0.3, 0.4) is 0 Å². The van der Waals surface area contributed by atoms with Gasteiger partial charge in [-0.2, -0.15) is 0 Å². The van der Waals surface area contributed by atoms with Gasteiger partial charge in [-0.3, -0.25) is 0 Å². The van der Waals surface area contributed by atoms with E-state index >= 15 is 0 Å². The van der Waals surface area contributed by atoms with Crippen molar-refractivity contribution in [2.24, 2.45) is 0 Å². The van der Waals surface area contributed by atoms with Gasteiger partial charge in [0.05, 0.1) is 26.4 Å². The maximum atomic E-state index is 11.3. The predicted octanol–water partition coefficient (Wildman–Crippen LogP) is 1.81. The summed E-state index contributed by atoms with van der Waals surface area (Å²) < 4.78 is 9.01. The molecule has 1 rings (SSSR count). The number of benzene rings is 1. The van der Waals surface area contributed by atoms with E-state index in [-0.39, 0.29) is 16.8 Å². The number of hydrogen-bond donors (Lipinski definition) is 0. The zero-order valence-electron chi connectivity index (χ0n) is 8.81. The third-order valence-corrected chi connectivity index (χ3v) is 1.94. The van der Waals surface area contributed by atoms with E-state index < -0.39 is 11.9 Å². The number of ether oxygens (including phenoxy) is 2. The highest BCUT2D eigenvalue weighted by molar-refractivity contribution is 5.99. The van der Waals surface area contributed by atoms with Gasteiger partial charge in [0, 0.05) is 5.56 Å². The largest absolute Gasteiger partial charge is 0.466 e. The number of carbonyl (C=O) groups excluding carboxylic acids is 2. The van der Waals surface area contributed by atoms with Crippen LogP contribution in [0.5, 0.6) is 0 Å². The molecule has 0 N–H and O–H groups in total. The van der Waals surface area contributed by atoms with Crippen molar-refractivity contribution in [1.29, 1.82) is 0 Å². The van der Waals surface area contributed by atoms with Gasteiger partial charge in [0.1, 0.15) is 0 Å². The van der Waals surface area contributed by atoms with E-state index in [1.54, 1.807) is 0 Å². The molecule has 0 spiro atoms. The molecule has 16 heavy (non-hydrogen) atoms. The van der Waals surface area contributed by atoms with E-state index in [0.29, 0.717) is 0 Å². The van der Waals surface area contributed by atoms with Crippen molar-refractivity contribution in [3.63, 3.8) is 0 Å². The van der Waals surface area contributed by atoms with Crippen molar-refractivity contribution in [2.45, 2.75) is 0 Å². The summed E-state index contributed by atoms with van der Waals surface area (Å²) in [5, 5.41) is 0. The van der Waals surface area contributed by atoms with Crippen LogP contribution in [0.4, 0.5) is 5.69 Å². The van der Waals surface area contributed by atoms with Crippen molar-refractivity contribution < 1.29 is 19.1 Å². The molecule has 0 aliphatic heterocycles. The Labute approximate surface area is 92.4 Å². The van der Waals surface area contributed by atoms with Crippen molar-refractivity contribution >= 4 is 17.6 Å². The minimum atomic E-state index is -0.609.